The van der Waals surface area contributed by atoms with E-state index in [-0.39, 0.29) is 17.4 Å². The van der Waals surface area contributed by atoms with Gasteiger partial charge in [0.05, 0.1) is 4.90 Å². The summed E-state index contributed by atoms with van der Waals surface area (Å²) in [4.78, 5) is 16.9. The maximum absolute atomic E-state index is 12.7. The molecule has 1 aliphatic heterocycles. The number of carbonyl (C=O) groups is 1. The maximum Gasteiger partial charge on any atom is 0.262 e. The van der Waals surface area contributed by atoms with Crippen LogP contribution in [0.25, 0.3) is 0 Å². The van der Waals surface area contributed by atoms with Gasteiger partial charge in [-0.3, -0.25) is 14.5 Å². The monoisotopic (exact) mass is 491 g/mol. The molecule has 0 fully saturated rings. The van der Waals surface area contributed by atoms with Crippen molar-refractivity contribution in [3.63, 3.8) is 0 Å². The predicted octanol–water partition coefficient (Wildman–Crippen LogP) is 4.55. The Kier molecular flexibility index (Phi) is 8.15. The summed E-state index contributed by atoms with van der Waals surface area (Å²) in [5.41, 5.74) is 2.64. The number of aliphatic imine (C=N–C) groups is 1. The molecule has 3 aromatic carbocycles. The van der Waals surface area contributed by atoms with Gasteiger partial charge in [-0.1, -0.05) is 55.0 Å². The number of anilines is 1. The Labute approximate surface area is 206 Å². The highest BCUT2D eigenvalue weighted by Crippen LogP contribution is 2.22. The van der Waals surface area contributed by atoms with E-state index in [4.69, 9.17) is 4.74 Å². The zero-order chi connectivity index (χ0) is 24.5. The SMILES string of the molecule is O=C(COc1ccccc1Cc1ccccc1)Nc1ccc(S(=O)(=O)NC2=NCCCCC2)cc1. The average molecular weight is 492 g/mol. The van der Waals surface area contributed by atoms with Gasteiger partial charge >= 0.3 is 0 Å². The fourth-order valence-electron chi connectivity index (χ4n) is 3.84. The molecule has 7 nitrogen and oxygen atoms in total. The van der Waals surface area contributed by atoms with E-state index in [2.05, 4.69) is 15.0 Å². The van der Waals surface area contributed by atoms with Crippen molar-refractivity contribution in [2.45, 2.75) is 37.0 Å². The van der Waals surface area contributed by atoms with Crippen LogP contribution in [0.1, 0.15) is 36.8 Å². The molecule has 0 aliphatic carbocycles. The molecule has 0 radical (unpaired) electrons. The number of hydrogen-bond donors (Lipinski definition) is 2. The Morgan fingerprint density at radius 3 is 2.43 bits per heavy atom. The maximum atomic E-state index is 12.7. The molecular formula is C27H29N3O4S. The smallest absolute Gasteiger partial charge is 0.262 e. The van der Waals surface area contributed by atoms with Crippen LogP contribution in [0, 0.1) is 0 Å². The summed E-state index contributed by atoms with van der Waals surface area (Å²) in [7, 11) is -3.72. The third kappa shape index (κ3) is 7.16. The quantitative estimate of drug-likeness (QED) is 0.483. The summed E-state index contributed by atoms with van der Waals surface area (Å²) in [6.45, 7) is 0.481. The van der Waals surface area contributed by atoms with E-state index in [1.165, 1.54) is 12.1 Å². The van der Waals surface area contributed by atoms with E-state index in [1.807, 2.05) is 54.6 Å². The van der Waals surface area contributed by atoms with Crippen LogP contribution >= 0.6 is 0 Å². The van der Waals surface area contributed by atoms with E-state index in [0.29, 0.717) is 36.7 Å². The first-order chi connectivity index (χ1) is 17.0. The number of sulfonamides is 1. The fourth-order valence-corrected chi connectivity index (χ4v) is 4.92. The molecule has 8 heteroatoms. The molecule has 35 heavy (non-hydrogen) atoms. The first-order valence-corrected chi connectivity index (χ1v) is 13.2. The van der Waals surface area contributed by atoms with Gasteiger partial charge in [-0.15, -0.1) is 0 Å². The minimum atomic E-state index is -3.72. The van der Waals surface area contributed by atoms with Crippen molar-refractivity contribution in [2.24, 2.45) is 4.99 Å². The lowest BCUT2D eigenvalue weighted by Crippen LogP contribution is -2.30. The van der Waals surface area contributed by atoms with E-state index < -0.39 is 10.0 Å². The van der Waals surface area contributed by atoms with E-state index in [0.717, 1.165) is 30.4 Å². The van der Waals surface area contributed by atoms with E-state index in [9.17, 15) is 13.2 Å². The van der Waals surface area contributed by atoms with Crippen LogP contribution in [0.15, 0.2) is 88.8 Å². The Bertz CT molecular complexity index is 1270. The third-order valence-corrected chi connectivity index (χ3v) is 7.04. The van der Waals surface area contributed by atoms with Gasteiger partial charge in [-0.2, -0.15) is 0 Å². The Morgan fingerprint density at radius 2 is 1.63 bits per heavy atom. The molecule has 0 aromatic heterocycles. The Morgan fingerprint density at radius 1 is 0.886 bits per heavy atom. The minimum absolute atomic E-state index is 0.119. The summed E-state index contributed by atoms with van der Waals surface area (Å²) in [6, 6.07) is 23.7. The molecule has 0 saturated heterocycles. The van der Waals surface area contributed by atoms with Crippen molar-refractivity contribution in [1.82, 2.24) is 4.72 Å². The van der Waals surface area contributed by atoms with Crippen LogP contribution in [0.4, 0.5) is 5.69 Å². The summed E-state index contributed by atoms with van der Waals surface area (Å²) in [5, 5.41) is 2.75. The molecule has 0 unspecified atom stereocenters. The van der Waals surface area contributed by atoms with Gasteiger partial charge in [0.15, 0.2) is 6.61 Å². The summed E-state index contributed by atoms with van der Waals surface area (Å²) in [6.07, 6.45) is 4.27. The van der Waals surface area contributed by atoms with Crippen LogP contribution in [-0.4, -0.2) is 33.3 Å². The Hall–Kier alpha value is -3.65. The number of amidine groups is 1. The zero-order valence-electron chi connectivity index (χ0n) is 19.4. The Balaban J connectivity index is 1.33. The van der Waals surface area contributed by atoms with Crippen LogP contribution < -0.4 is 14.8 Å². The third-order valence-electron chi connectivity index (χ3n) is 5.64. The number of nitrogens with one attached hydrogen (secondary N) is 2. The molecule has 182 valence electrons. The van der Waals surface area contributed by atoms with E-state index in [1.54, 1.807) is 12.1 Å². The molecular weight excluding hydrogens is 462 g/mol. The molecule has 1 amide bonds. The lowest BCUT2D eigenvalue weighted by Gasteiger charge is -2.12. The highest BCUT2D eigenvalue weighted by molar-refractivity contribution is 7.90. The molecule has 0 saturated carbocycles. The number of ether oxygens (including phenoxy) is 1. The molecule has 4 rings (SSSR count). The second kappa shape index (κ2) is 11.7. The summed E-state index contributed by atoms with van der Waals surface area (Å²) < 4.78 is 33.7. The van der Waals surface area contributed by atoms with Gasteiger partial charge in [-0.05, 0) is 54.3 Å². The number of hydrogen-bond acceptors (Lipinski definition) is 5. The molecule has 2 N–H and O–H groups in total. The second-order valence-electron chi connectivity index (χ2n) is 8.38. The number of benzene rings is 3. The number of rotatable bonds is 8. The van der Waals surface area contributed by atoms with Crippen molar-refractivity contribution in [2.75, 3.05) is 18.5 Å². The summed E-state index contributed by atoms with van der Waals surface area (Å²) in [5.74, 6) is 0.825. The van der Waals surface area contributed by atoms with Crippen molar-refractivity contribution in [1.29, 1.82) is 0 Å². The number of nitrogens with zero attached hydrogens (tertiary/aromatic N) is 1. The lowest BCUT2D eigenvalue weighted by molar-refractivity contribution is -0.118. The highest BCUT2D eigenvalue weighted by atomic mass is 32.2. The zero-order valence-corrected chi connectivity index (χ0v) is 20.3. The topological polar surface area (TPSA) is 96.9 Å². The first-order valence-electron chi connectivity index (χ1n) is 11.7. The van der Waals surface area contributed by atoms with Crippen molar-refractivity contribution in [3.8, 4) is 5.75 Å². The molecule has 0 bridgehead atoms. The molecule has 1 heterocycles. The molecule has 0 spiro atoms. The van der Waals surface area contributed by atoms with Crippen LogP contribution in [0.2, 0.25) is 0 Å². The predicted molar refractivity (Wildman–Crippen MR) is 137 cm³/mol. The first kappa shape index (κ1) is 24.5. The number of para-hydroxylation sites is 1. The van der Waals surface area contributed by atoms with Gasteiger partial charge in [0, 0.05) is 25.1 Å². The van der Waals surface area contributed by atoms with Gasteiger partial charge < -0.3 is 10.1 Å². The molecule has 1 aliphatic rings. The fraction of sp³-hybridized carbons (Fsp3) is 0.259. The average Bonchev–Trinajstić information content (AvgIpc) is 3.13. The lowest BCUT2D eigenvalue weighted by atomic mass is 10.0. The number of carbonyl (C=O) groups excluding carboxylic acids is 1. The largest absolute Gasteiger partial charge is 0.483 e. The van der Waals surface area contributed by atoms with Gasteiger partial charge in [0.1, 0.15) is 11.6 Å². The molecule has 3 aromatic rings. The van der Waals surface area contributed by atoms with Crippen molar-refractivity contribution in [3.05, 3.63) is 90.0 Å². The van der Waals surface area contributed by atoms with Gasteiger partial charge in [0.2, 0.25) is 0 Å². The van der Waals surface area contributed by atoms with E-state index >= 15 is 0 Å². The van der Waals surface area contributed by atoms with Crippen LogP contribution in [0.3, 0.4) is 0 Å². The normalized spacial score (nSPS) is 13.9. The van der Waals surface area contributed by atoms with Crippen molar-refractivity contribution < 1.29 is 17.9 Å². The number of amides is 1. The minimum Gasteiger partial charge on any atom is -0.483 e. The highest BCUT2D eigenvalue weighted by Gasteiger charge is 2.17. The standard InChI is InChI=1S/C27H29N3O4S/c31-27(20-34-25-12-7-6-11-22(25)19-21-9-3-1-4-10-21)29-23-14-16-24(17-15-23)35(32,33)30-26-13-5-2-8-18-28-26/h1,3-4,6-7,9-12,14-17H,2,5,8,13,18-20H2,(H,28,30)(H,29,31). The van der Waals surface area contributed by atoms with Crippen LogP contribution in [-0.2, 0) is 21.2 Å². The van der Waals surface area contributed by atoms with Crippen molar-refractivity contribution >= 4 is 27.5 Å². The van der Waals surface area contributed by atoms with Gasteiger partial charge in [0.25, 0.3) is 15.9 Å². The van der Waals surface area contributed by atoms with Gasteiger partial charge in [-0.25, -0.2) is 8.42 Å². The second-order valence-corrected chi connectivity index (χ2v) is 10.1. The van der Waals surface area contributed by atoms with Crippen LogP contribution in [0.5, 0.6) is 5.75 Å². The summed E-state index contributed by atoms with van der Waals surface area (Å²) >= 11 is 0. The molecule has 0 atom stereocenters.